The van der Waals surface area contributed by atoms with Gasteiger partial charge in [0.25, 0.3) is 0 Å². The van der Waals surface area contributed by atoms with Crippen molar-refractivity contribution in [1.29, 1.82) is 0 Å². The van der Waals surface area contributed by atoms with E-state index in [9.17, 15) is 14.4 Å². The average molecular weight is 406 g/mol. The predicted molar refractivity (Wildman–Crippen MR) is 102 cm³/mol. The van der Waals surface area contributed by atoms with Crippen LogP contribution in [0.5, 0.6) is 5.75 Å². The molecule has 1 unspecified atom stereocenters. The minimum Gasteiger partial charge on any atom is -0.497 e. The Labute approximate surface area is 167 Å². The van der Waals surface area contributed by atoms with Gasteiger partial charge in [-0.05, 0) is 24.6 Å². The number of esters is 2. The second-order valence-corrected chi connectivity index (χ2v) is 7.59. The molecule has 2 N–H and O–H groups in total. The van der Waals surface area contributed by atoms with Crippen LogP contribution in [-0.4, -0.2) is 53.1 Å². The molecule has 1 aromatic rings. The normalized spacial score (nSPS) is 22.1. The molecule has 150 valence electrons. The van der Waals surface area contributed by atoms with Gasteiger partial charge in [0.2, 0.25) is 5.91 Å². The molecule has 0 bridgehead atoms. The lowest BCUT2D eigenvalue weighted by Crippen LogP contribution is -2.68. The fraction of sp³-hybridized carbons (Fsp3) is 0.421. The standard InChI is InChI=1S/C19H22N2O6S/c1-10(27-11(2)22)14-9-28-18-15(20)17(23)21(18)16(14)19(24)26-8-12-4-6-13(25-3)7-5-12/h4-7,10,15,18H,8-9,20H2,1-3H3/t10?,15-,18+/m0/s1. The van der Waals surface area contributed by atoms with Crippen molar-refractivity contribution in [2.75, 3.05) is 12.9 Å². The van der Waals surface area contributed by atoms with Gasteiger partial charge in [-0.3, -0.25) is 14.5 Å². The van der Waals surface area contributed by atoms with E-state index in [4.69, 9.17) is 19.9 Å². The first-order valence-corrected chi connectivity index (χ1v) is 9.79. The molecule has 2 aliphatic heterocycles. The summed E-state index contributed by atoms with van der Waals surface area (Å²) in [5.74, 6) is -0.340. The van der Waals surface area contributed by atoms with Crippen LogP contribution in [-0.2, 0) is 30.5 Å². The molecule has 0 saturated carbocycles. The number of benzene rings is 1. The van der Waals surface area contributed by atoms with E-state index in [-0.39, 0.29) is 23.6 Å². The molecule has 0 radical (unpaired) electrons. The van der Waals surface area contributed by atoms with Crippen molar-refractivity contribution in [3.8, 4) is 5.75 Å². The summed E-state index contributed by atoms with van der Waals surface area (Å²) in [6, 6.07) is 6.45. The summed E-state index contributed by atoms with van der Waals surface area (Å²) in [5.41, 5.74) is 7.29. The van der Waals surface area contributed by atoms with E-state index in [2.05, 4.69) is 0 Å². The molecular formula is C19H22N2O6S. The van der Waals surface area contributed by atoms with E-state index in [1.807, 2.05) is 0 Å². The Hall–Kier alpha value is -2.52. The molecular weight excluding hydrogens is 384 g/mol. The van der Waals surface area contributed by atoms with Gasteiger partial charge in [0, 0.05) is 18.2 Å². The third kappa shape index (κ3) is 3.85. The zero-order valence-corrected chi connectivity index (χ0v) is 16.7. The van der Waals surface area contributed by atoms with Crippen molar-refractivity contribution in [3.63, 3.8) is 0 Å². The van der Waals surface area contributed by atoms with Gasteiger partial charge >= 0.3 is 11.9 Å². The van der Waals surface area contributed by atoms with Crippen molar-refractivity contribution in [3.05, 3.63) is 41.1 Å². The molecule has 3 rings (SSSR count). The number of thioether (sulfide) groups is 1. The number of nitrogens with two attached hydrogens (primary N) is 1. The average Bonchev–Trinajstić information content (AvgIpc) is 2.70. The van der Waals surface area contributed by atoms with Crippen LogP contribution in [0.15, 0.2) is 35.5 Å². The van der Waals surface area contributed by atoms with Crippen LogP contribution in [0.25, 0.3) is 0 Å². The van der Waals surface area contributed by atoms with Crippen LogP contribution in [0.1, 0.15) is 19.4 Å². The summed E-state index contributed by atoms with van der Waals surface area (Å²) >= 11 is 1.44. The number of methoxy groups -OCH3 is 1. The minimum absolute atomic E-state index is 0.0352. The number of hydrogen-bond acceptors (Lipinski definition) is 8. The van der Waals surface area contributed by atoms with Crippen molar-refractivity contribution in [2.45, 2.75) is 38.0 Å². The SMILES string of the molecule is COc1ccc(COC(=O)C2=C(C(C)OC(C)=O)CS[C@@H]3[C@@H](N)C(=O)N23)cc1. The van der Waals surface area contributed by atoms with Gasteiger partial charge < -0.3 is 19.9 Å². The summed E-state index contributed by atoms with van der Waals surface area (Å²) in [4.78, 5) is 37.8. The molecule has 0 spiro atoms. The highest BCUT2D eigenvalue weighted by molar-refractivity contribution is 8.00. The maximum absolute atomic E-state index is 12.8. The lowest BCUT2D eigenvalue weighted by Gasteiger charge is -2.48. The monoisotopic (exact) mass is 406 g/mol. The first-order valence-electron chi connectivity index (χ1n) is 8.74. The number of fused-ring (bicyclic) bond motifs is 1. The number of nitrogens with zero attached hydrogens (tertiary/aromatic N) is 1. The van der Waals surface area contributed by atoms with Crippen molar-refractivity contribution >= 4 is 29.6 Å². The van der Waals surface area contributed by atoms with Crippen LogP contribution in [0.2, 0.25) is 0 Å². The number of amides is 1. The highest BCUT2D eigenvalue weighted by atomic mass is 32.2. The molecule has 0 aromatic heterocycles. The maximum atomic E-state index is 12.8. The number of carbonyl (C=O) groups excluding carboxylic acids is 3. The molecule has 1 amide bonds. The molecule has 1 fully saturated rings. The lowest BCUT2D eigenvalue weighted by molar-refractivity contribution is -0.152. The van der Waals surface area contributed by atoms with Crippen LogP contribution < -0.4 is 10.5 Å². The second kappa shape index (κ2) is 8.24. The zero-order chi connectivity index (χ0) is 20.4. The van der Waals surface area contributed by atoms with Crippen LogP contribution in [0.3, 0.4) is 0 Å². The summed E-state index contributed by atoms with van der Waals surface area (Å²) in [7, 11) is 1.57. The van der Waals surface area contributed by atoms with E-state index < -0.39 is 24.1 Å². The summed E-state index contributed by atoms with van der Waals surface area (Å²) in [6.07, 6.45) is -0.654. The van der Waals surface area contributed by atoms with E-state index >= 15 is 0 Å². The molecule has 0 aliphatic carbocycles. The fourth-order valence-electron chi connectivity index (χ4n) is 3.10. The highest BCUT2D eigenvalue weighted by Gasteiger charge is 2.52. The zero-order valence-electron chi connectivity index (χ0n) is 15.8. The van der Waals surface area contributed by atoms with Crippen LogP contribution >= 0.6 is 11.8 Å². The second-order valence-electron chi connectivity index (χ2n) is 6.49. The van der Waals surface area contributed by atoms with E-state index in [1.54, 1.807) is 38.3 Å². The number of hydrogen-bond donors (Lipinski definition) is 1. The van der Waals surface area contributed by atoms with Gasteiger partial charge in [0.1, 0.15) is 35.6 Å². The molecule has 28 heavy (non-hydrogen) atoms. The van der Waals surface area contributed by atoms with E-state index in [1.165, 1.54) is 23.6 Å². The third-order valence-electron chi connectivity index (χ3n) is 4.59. The Morgan fingerprint density at radius 1 is 1.32 bits per heavy atom. The minimum atomic E-state index is -0.654. The van der Waals surface area contributed by atoms with Gasteiger partial charge in [0.15, 0.2) is 0 Å². The molecule has 1 aromatic carbocycles. The number of β-lactam (4-membered cyclic amide) rings is 1. The van der Waals surface area contributed by atoms with Crippen molar-refractivity contribution < 1.29 is 28.6 Å². The number of carbonyl (C=O) groups is 3. The maximum Gasteiger partial charge on any atom is 0.355 e. The predicted octanol–water partition coefficient (Wildman–Crippen LogP) is 1.19. The quantitative estimate of drug-likeness (QED) is 0.554. The smallest absolute Gasteiger partial charge is 0.355 e. The Balaban J connectivity index is 1.81. The van der Waals surface area contributed by atoms with E-state index in [0.29, 0.717) is 17.1 Å². The van der Waals surface area contributed by atoms with Gasteiger partial charge in [0.05, 0.1) is 7.11 Å². The first kappa shape index (κ1) is 20.2. The Bertz CT molecular complexity index is 822. The van der Waals surface area contributed by atoms with Crippen LogP contribution in [0.4, 0.5) is 0 Å². The molecule has 1 saturated heterocycles. The highest BCUT2D eigenvalue weighted by Crippen LogP contribution is 2.41. The Morgan fingerprint density at radius 3 is 2.61 bits per heavy atom. The van der Waals surface area contributed by atoms with Gasteiger partial charge in [-0.15, -0.1) is 11.8 Å². The number of rotatable bonds is 6. The molecule has 8 nitrogen and oxygen atoms in total. The topological polar surface area (TPSA) is 108 Å². The third-order valence-corrected chi connectivity index (χ3v) is 5.92. The van der Waals surface area contributed by atoms with Crippen LogP contribution in [0, 0.1) is 0 Å². The molecule has 2 aliphatic rings. The number of ether oxygens (including phenoxy) is 3. The van der Waals surface area contributed by atoms with E-state index in [0.717, 1.165) is 5.56 Å². The fourth-order valence-corrected chi connectivity index (χ4v) is 4.50. The first-order chi connectivity index (χ1) is 13.3. The van der Waals surface area contributed by atoms with Gasteiger partial charge in [-0.2, -0.15) is 0 Å². The summed E-state index contributed by atoms with van der Waals surface area (Å²) in [5, 5.41) is -0.315. The molecule has 2 heterocycles. The lowest BCUT2D eigenvalue weighted by atomic mass is 10.0. The molecule has 3 atom stereocenters. The van der Waals surface area contributed by atoms with Gasteiger partial charge in [-0.1, -0.05) is 12.1 Å². The van der Waals surface area contributed by atoms with Crippen molar-refractivity contribution in [1.82, 2.24) is 4.90 Å². The largest absolute Gasteiger partial charge is 0.497 e. The molecule has 9 heteroatoms. The van der Waals surface area contributed by atoms with Gasteiger partial charge in [-0.25, -0.2) is 4.79 Å². The summed E-state index contributed by atoms with van der Waals surface area (Å²) in [6.45, 7) is 2.99. The Kier molecular flexibility index (Phi) is 5.95. The summed E-state index contributed by atoms with van der Waals surface area (Å²) < 4.78 is 15.8. The Morgan fingerprint density at radius 2 is 2.00 bits per heavy atom. The van der Waals surface area contributed by atoms with Crippen molar-refractivity contribution in [2.24, 2.45) is 5.73 Å².